The highest BCUT2D eigenvalue weighted by Gasteiger charge is 2.36. The summed E-state index contributed by atoms with van der Waals surface area (Å²) in [6.07, 6.45) is 3.50. The first kappa shape index (κ1) is 12.0. The van der Waals surface area contributed by atoms with Gasteiger partial charge in [0.05, 0.1) is 18.5 Å². The summed E-state index contributed by atoms with van der Waals surface area (Å²) >= 11 is 0. The van der Waals surface area contributed by atoms with Crippen LogP contribution in [0.15, 0.2) is 12.1 Å². The quantitative estimate of drug-likeness (QED) is 0.775. The van der Waals surface area contributed by atoms with Crippen LogP contribution in [0.1, 0.15) is 26.2 Å². The number of benzene rings is 1. The molecule has 17 heavy (non-hydrogen) atoms. The lowest BCUT2D eigenvalue weighted by molar-refractivity contribution is 0.416. The van der Waals surface area contributed by atoms with Crippen LogP contribution in [0.2, 0.25) is 0 Å². The zero-order chi connectivity index (χ0) is 12.4. The second kappa shape index (κ2) is 4.82. The number of nitrogens with one attached hydrogen (secondary N) is 1. The minimum Gasteiger partial charge on any atom is -0.495 e. The van der Waals surface area contributed by atoms with Gasteiger partial charge in [0.15, 0.2) is 0 Å². The Kier molecular flexibility index (Phi) is 3.41. The highest BCUT2D eigenvalue weighted by Crippen LogP contribution is 2.39. The van der Waals surface area contributed by atoms with Crippen LogP contribution in [0.3, 0.4) is 0 Å². The lowest BCUT2D eigenvalue weighted by Gasteiger charge is -2.11. The molecule has 2 unspecified atom stereocenters. The largest absolute Gasteiger partial charge is 0.495 e. The van der Waals surface area contributed by atoms with E-state index < -0.39 is 0 Å². The van der Waals surface area contributed by atoms with Gasteiger partial charge in [0.25, 0.3) is 0 Å². The van der Waals surface area contributed by atoms with Crippen molar-refractivity contribution in [2.45, 2.75) is 32.2 Å². The second-order valence-corrected chi connectivity index (χ2v) is 4.61. The lowest BCUT2D eigenvalue weighted by Crippen LogP contribution is -2.07. The predicted molar refractivity (Wildman–Crippen MR) is 67.8 cm³/mol. The Labute approximate surface area is 101 Å². The molecule has 1 fully saturated rings. The maximum atomic E-state index is 13.7. The molecule has 4 heteroatoms. The van der Waals surface area contributed by atoms with Crippen LogP contribution >= 0.6 is 0 Å². The molecule has 1 aliphatic rings. The highest BCUT2D eigenvalue weighted by atomic mass is 19.1. The zero-order valence-corrected chi connectivity index (χ0v) is 10.3. The predicted octanol–water partition coefficient (Wildman–Crippen LogP) is 3.02. The van der Waals surface area contributed by atoms with Crippen LogP contribution < -0.4 is 15.8 Å². The van der Waals surface area contributed by atoms with Gasteiger partial charge in [-0.2, -0.15) is 0 Å². The van der Waals surface area contributed by atoms with Gasteiger partial charge in [0, 0.05) is 18.2 Å². The van der Waals surface area contributed by atoms with E-state index in [2.05, 4.69) is 12.2 Å². The van der Waals surface area contributed by atoms with Gasteiger partial charge < -0.3 is 15.8 Å². The van der Waals surface area contributed by atoms with E-state index in [1.807, 2.05) is 0 Å². The Morgan fingerprint density at radius 3 is 2.94 bits per heavy atom. The number of hydrogen-bond donors (Lipinski definition) is 2. The topological polar surface area (TPSA) is 47.3 Å². The molecule has 3 N–H and O–H groups in total. The van der Waals surface area contributed by atoms with Crippen LogP contribution in [0.5, 0.6) is 5.75 Å². The number of rotatable bonds is 5. The molecule has 1 aromatic carbocycles. The van der Waals surface area contributed by atoms with Crippen molar-refractivity contribution in [1.29, 1.82) is 0 Å². The minimum absolute atomic E-state index is 0.314. The van der Waals surface area contributed by atoms with Gasteiger partial charge in [-0.15, -0.1) is 0 Å². The van der Waals surface area contributed by atoms with Crippen LogP contribution in [0, 0.1) is 11.7 Å². The SMILES string of the molecule is CCCC1CC1Nc1cc(OC)c(N)cc1F. The third-order valence-electron chi connectivity index (χ3n) is 3.24. The molecule has 2 rings (SSSR count). The van der Waals surface area contributed by atoms with E-state index in [0.29, 0.717) is 29.1 Å². The normalized spacial score (nSPS) is 22.3. The first-order valence-electron chi connectivity index (χ1n) is 6.05. The van der Waals surface area contributed by atoms with E-state index in [1.165, 1.54) is 26.0 Å². The first-order chi connectivity index (χ1) is 8.15. The van der Waals surface area contributed by atoms with Crippen molar-refractivity contribution in [1.82, 2.24) is 0 Å². The van der Waals surface area contributed by atoms with Crippen molar-refractivity contribution >= 4 is 11.4 Å². The summed E-state index contributed by atoms with van der Waals surface area (Å²) in [5, 5.41) is 3.21. The average molecular weight is 238 g/mol. The van der Waals surface area contributed by atoms with Crippen molar-refractivity contribution in [2.75, 3.05) is 18.2 Å². The van der Waals surface area contributed by atoms with E-state index in [4.69, 9.17) is 10.5 Å². The van der Waals surface area contributed by atoms with E-state index in [-0.39, 0.29) is 5.82 Å². The molecule has 1 aromatic rings. The van der Waals surface area contributed by atoms with Crippen molar-refractivity contribution in [2.24, 2.45) is 5.92 Å². The third-order valence-corrected chi connectivity index (χ3v) is 3.24. The van der Waals surface area contributed by atoms with Gasteiger partial charge in [0.1, 0.15) is 11.6 Å². The number of methoxy groups -OCH3 is 1. The maximum Gasteiger partial charge on any atom is 0.148 e. The van der Waals surface area contributed by atoms with E-state index in [1.54, 1.807) is 6.07 Å². The van der Waals surface area contributed by atoms with Gasteiger partial charge >= 0.3 is 0 Å². The van der Waals surface area contributed by atoms with Crippen LogP contribution in [-0.2, 0) is 0 Å². The van der Waals surface area contributed by atoms with Gasteiger partial charge in [0.2, 0.25) is 0 Å². The molecule has 0 bridgehead atoms. The van der Waals surface area contributed by atoms with E-state index in [0.717, 1.165) is 6.42 Å². The Morgan fingerprint density at radius 2 is 2.29 bits per heavy atom. The smallest absolute Gasteiger partial charge is 0.148 e. The standard InChI is InChI=1S/C13H19FN2O/c1-3-4-8-5-11(8)16-12-7-13(17-2)10(15)6-9(12)14/h6-8,11,16H,3-5,15H2,1-2H3. The molecule has 94 valence electrons. The molecule has 0 saturated heterocycles. The second-order valence-electron chi connectivity index (χ2n) is 4.61. The Balaban J connectivity index is 2.06. The molecule has 2 atom stereocenters. The summed E-state index contributed by atoms with van der Waals surface area (Å²) in [7, 11) is 1.53. The molecular formula is C13H19FN2O. The van der Waals surface area contributed by atoms with E-state index >= 15 is 0 Å². The Morgan fingerprint density at radius 1 is 1.53 bits per heavy atom. The average Bonchev–Trinajstić information content (AvgIpc) is 3.01. The number of hydrogen-bond acceptors (Lipinski definition) is 3. The Bertz CT molecular complexity index is 409. The zero-order valence-electron chi connectivity index (χ0n) is 10.3. The summed E-state index contributed by atoms with van der Waals surface area (Å²) in [5.41, 5.74) is 6.45. The number of halogens is 1. The van der Waals surface area contributed by atoms with Crippen LogP contribution in [0.25, 0.3) is 0 Å². The maximum absolute atomic E-state index is 13.7. The number of nitrogens with two attached hydrogens (primary N) is 1. The lowest BCUT2D eigenvalue weighted by atomic mass is 10.2. The first-order valence-corrected chi connectivity index (χ1v) is 6.05. The summed E-state index contributed by atoms with van der Waals surface area (Å²) in [5.74, 6) is 0.884. The summed E-state index contributed by atoms with van der Waals surface area (Å²) in [6, 6.07) is 3.34. The van der Waals surface area contributed by atoms with Crippen molar-refractivity contribution in [3.05, 3.63) is 17.9 Å². The summed E-state index contributed by atoms with van der Waals surface area (Å²) in [6.45, 7) is 2.17. The fourth-order valence-electron chi connectivity index (χ4n) is 2.17. The van der Waals surface area contributed by atoms with Crippen molar-refractivity contribution in [3.8, 4) is 5.75 Å². The fourth-order valence-corrected chi connectivity index (χ4v) is 2.17. The molecule has 0 radical (unpaired) electrons. The molecule has 0 amide bonds. The minimum atomic E-state index is -0.314. The fraction of sp³-hybridized carbons (Fsp3) is 0.538. The molecular weight excluding hydrogens is 219 g/mol. The summed E-state index contributed by atoms with van der Waals surface area (Å²) in [4.78, 5) is 0. The molecule has 0 heterocycles. The molecule has 3 nitrogen and oxygen atoms in total. The van der Waals surface area contributed by atoms with Gasteiger partial charge in [-0.05, 0) is 18.8 Å². The number of nitrogen functional groups attached to an aromatic ring is 1. The van der Waals surface area contributed by atoms with Crippen LogP contribution in [-0.4, -0.2) is 13.2 Å². The molecule has 0 spiro atoms. The van der Waals surface area contributed by atoms with Crippen molar-refractivity contribution in [3.63, 3.8) is 0 Å². The third kappa shape index (κ3) is 2.62. The summed E-state index contributed by atoms with van der Waals surface area (Å²) < 4.78 is 18.8. The number of anilines is 2. The molecule has 1 aliphatic carbocycles. The van der Waals surface area contributed by atoms with Gasteiger partial charge in [-0.3, -0.25) is 0 Å². The monoisotopic (exact) mass is 238 g/mol. The van der Waals surface area contributed by atoms with E-state index in [9.17, 15) is 4.39 Å². The van der Waals surface area contributed by atoms with Crippen molar-refractivity contribution < 1.29 is 9.13 Å². The van der Waals surface area contributed by atoms with Gasteiger partial charge in [-0.1, -0.05) is 13.3 Å². The molecule has 0 aromatic heterocycles. The molecule has 1 saturated carbocycles. The van der Waals surface area contributed by atoms with Crippen LogP contribution in [0.4, 0.5) is 15.8 Å². The highest BCUT2D eigenvalue weighted by molar-refractivity contribution is 5.62. The Hall–Kier alpha value is -1.45. The van der Waals surface area contributed by atoms with Gasteiger partial charge in [-0.25, -0.2) is 4.39 Å². The molecule has 0 aliphatic heterocycles. The number of ether oxygens (including phenoxy) is 1.